The SMILES string of the molecule is C=C[C@H](CC)[C@@H](O)C#Cc1ccccc1. The second kappa shape index (κ2) is 6.06. The number of rotatable bonds is 3. The summed E-state index contributed by atoms with van der Waals surface area (Å²) in [5, 5.41) is 9.73. The Balaban J connectivity index is 2.69. The van der Waals surface area contributed by atoms with E-state index in [-0.39, 0.29) is 5.92 Å². The Morgan fingerprint density at radius 2 is 2.07 bits per heavy atom. The zero-order valence-corrected chi connectivity index (χ0v) is 8.98. The first-order chi connectivity index (χ1) is 7.27. The van der Waals surface area contributed by atoms with E-state index < -0.39 is 6.10 Å². The van der Waals surface area contributed by atoms with Crippen LogP contribution in [0, 0.1) is 17.8 Å². The van der Waals surface area contributed by atoms with Gasteiger partial charge in [0.1, 0.15) is 6.10 Å². The lowest BCUT2D eigenvalue weighted by atomic mass is 10.00. The largest absolute Gasteiger partial charge is 0.380 e. The van der Waals surface area contributed by atoms with Gasteiger partial charge in [0.05, 0.1) is 0 Å². The summed E-state index contributed by atoms with van der Waals surface area (Å²) in [6.45, 7) is 5.69. The van der Waals surface area contributed by atoms with Crippen molar-refractivity contribution in [3.63, 3.8) is 0 Å². The van der Waals surface area contributed by atoms with Gasteiger partial charge in [-0.05, 0) is 18.6 Å². The Morgan fingerprint density at radius 1 is 1.40 bits per heavy atom. The fraction of sp³-hybridized carbons (Fsp3) is 0.286. The van der Waals surface area contributed by atoms with Gasteiger partial charge in [0.25, 0.3) is 0 Å². The van der Waals surface area contributed by atoms with Crippen LogP contribution in [-0.4, -0.2) is 11.2 Å². The molecule has 1 heteroatoms. The van der Waals surface area contributed by atoms with Gasteiger partial charge in [0.2, 0.25) is 0 Å². The van der Waals surface area contributed by atoms with E-state index in [0.717, 1.165) is 12.0 Å². The Morgan fingerprint density at radius 3 is 2.60 bits per heavy atom. The van der Waals surface area contributed by atoms with Gasteiger partial charge in [0.15, 0.2) is 0 Å². The molecule has 1 N–H and O–H groups in total. The van der Waals surface area contributed by atoms with Crippen molar-refractivity contribution in [3.8, 4) is 11.8 Å². The summed E-state index contributed by atoms with van der Waals surface area (Å²) in [6, 6.07) is 9.66. The molecule has 0 unspecified atom stereocenters. The normalized spacial score (nSPS) is 13.5. The molecule has 1 aromatic rings. The maximum absolute atomic E-state index is 9.73. The van der Waals surface area contributed by atoms with Crippen LogP contribution in [0.2, 0.25) is 0 Å². The standard InChI is InChI=1S/C14H16O/c1-3-13(4-2)14(15)11-10-12-8-6-5-7-9-12/h3,5-9,13-15H,1,4H2,2H3/t13-,14+/m1/s1. The highest BCUT2D eigenvalue weighted by Crippen LogP contribution is 2.09. The third-order valence-corrected chi connectivity index (χ3v) is 2.32. The minimum Gasteiger partial charge on any atom is -0.380 e. The summed E-state index contributed by atoms with van der Waals surface area (Å²) in [4.78, 5) is 0. The van der Waals surface area contributed by atoms with E-state index in [9.17, 15) is 5.11 Å². The highest BCUT2D eigenvalue weighted by molar-refractivity contribution is 5.34. The minimum atomic E-state index is -0.618. The molecular weight excluding hydrogens is 184 g/mol. The molecule has 0 aromatic heterocycles. The van der Waals surface area contributed by atoms with E-state index in [1.165, 1.54) is 0 Å². The number of hydrogen-bond donors (Lipinski definition) is 1. The van der Waals surface area contributed by atoms with Crippen LogP contribution in [-0.2, 0) is 0 Å². The highest BCUT2D eigenvalue weighted by Gasteiger charge is 2.09. The Bertz CT molecular complexity index is 356. The topological polar surface area (TPSA) is 20.2 Å². The van der Waals surface area contributed by atoms with Crippen LogP contribution in [0.15, 0.2) is 43.0 Å². The summed E-state index contributed by atoms with van der Waals surface area (Å²) >= 11 is 0. The van der Waals surface area contributed by atoms with Gasteiger partial charge in [-0.1, -0.05) is 43.0 Å². The van der Waals surface area contributed by atoms with Crippen LogP contribution in [0.25, 0.3) is 0 Å². The summed E-state index contributed by atoms with van der Waals surface area (Å²) in [7, 11) is 0. The first-order valence-corrected chi connectivity index (χ1v) is 5.15. The van der Waals surface area contributed by atoms with Gasteiger partial charge in [-0.2, -0.15) is 0 Å². The molecule has 0 aliphatic carbocycles. The van der Waals surface area contributed by atoms with Crippen LogP contribution < -0.4 is 0 Å². The van der Waals surface area contributed by atoms with Crippen molar-refractivity contribution in [1.29, 1.82) is 0 Å². The van der Waals surface area contributed by atoms with Crippen LogP contribution in [0.4, 0.5) is 0 Å². The van der Waals surface area contributed by atoms with Crippen LogP contribution in [0.1, 0.15) is 18.9 Å². The second-order valence-electron chi connectivity index (χ2n) is 3.39. The maximum Gasteiger partial charge on any atom is 0.121 e. The lowest BCUT2D eigenvalue weighted by Crippen LogP contribution is -2.15. The molecule has 1 rings (SSSR count). The number of benzene rings is 1. The van der Waals surface area contributed by atoms with Gasteiger partial charge in [-0.25, -0.2) is 0 Å². The van der Waals surface area contributed by atoms with Crippen LogP contribution in [0.5, 0.6) is 0 Å². The van der Waals surface area contributed by atoms with Gasteiger partial charge in [0, 0.05) is 11.5 Å². The molecule has 0 aliphatic heterocycles. The van der Waals surface area contributed by atoms with Crippen molar-refractivity contribution < 1.29 is 5.11 Å². The van der Waals surface area contributed by atoms with Gasteiger partial charge < -0.3 is 5.11 Å². The van der Waals surface area contributed by atoms with Crippen LogP contribution in [0.3, 0.4) is 0 Å². The van der Waals surface area contributed by atoms with E-state index in [1.54, 1.807) is 6.08 Å². The number of aliphatic hydroxyl groups is 1. The van der Waals surface area contributed by atoms with Crippen molar-refractivity contribution in [1.82, 2.24) is 0 Å². The van der Waals surface area contributed by atoms with Gasteiger partial charge in [-0.3, -0.25) is 0 Å². The average Bonchev–Trinajstić information content (AvgIpc) is 2.29. The third kappa shape index (κ3) is 3.61. The zero-order chi connectivity index (χ0) is 11.1. The molecule has 0 amide bonds. The van der Waals surface area contributed by atoms with E-state index in [0.29, 0.717) is 0 Å². The Kier molecular flexibility index (Phi) is 4.66. The molecule has 0 fully saturated rings. The number of aliphatic hydroxyl groups excluding tert-OH is 1. The predicted molar refractivity (Wildman–Crippen MR) is 63.3 cm³/mol. The fourth-order valence-electron chi connectivity index (χ4n) is 1.30. The molecule has 0 saturated carbocycles. The summed E-state index contributed by atoms with van der Waals surface area (Å²) in [5.74, 6) is 5.84. The van der Waals surface area contributed by atoms with Gasteiger partial charge >= 0.3 is 0 Å². The summed E-state index contributed by atoms with van der Waals surface area (Å²) in [5.41, 5.74) is 0.926. The molecule has 0 radical (unpaired) electrons. The maximum atomic E-state index is 9.73. The average molecular weight is 200 g/mol. The molecule has 0 aliphatic rings. The molecule has 1 nitrogen and oxygen atoms in total. The van der Waals surface area contributed by atoms with Crippen molar-refractivity contribution in [3.05, 3.63) is 48.6 Å². The molecule has 78 valence electrons. The smallest absolute Gasteiger partial charge is 0.121 e. The molecule has 0 saturated heterocycles. The zero-order valence-electron chi connectivity index (χ0n) is 8.98. The molecule has 1 aromatic carbocycles. The minimum absolute atomic E-state index is 0.0567. The fourth-order valence-corrected chi connectivity index (χ4v) is 1.30. The van der Waals surface area contributed by atoms with Crippen molar-refractivity contribution in [2.45, 2.75) is 19.4 Å². The van der Waals surface area contributed by atoms with E-state index in [2.05, 4.69) is 18.4 Å². The van der Waals surface area contributed by atoms with Crippen molar-refractivity contribution in [2.75, 3.05) is 0 Å². The molecule has 0 spiro atoms. The number of hydrogen-bond acceptors (Lipinski definition) is 1. The molecule has 15 heavy (non-hydrogen) atoms. The highest BCUT2D eigenvalue weighted by atomic mass is 16.3. The van der Waals surface area contributed by atoms with Gasteiger partial charge in [-0.15, -0.1) is 6.58 Å². The Hall–Kier alpha value is -1.52. The molecule has 0 heterocycles. The first-order valence-electron chi connectivity index (χ1n) is 5.15. The third-order valence-electron chi connectivity index (χ3n) is 2.32. The van der Waals surface area contributed by atoms with Crippen molar-refractivity contribution >= 4 is 0 Å². The lowest BCUT2D eigenvalue weighted by molar-refractivity contribution is 0.183. The van der Waals surface area contributed by atoms with E-state index in [4.69, 9.17) is 0 Å². The first kappa shape index (κ1) is 11.6. The summed E-state index contributed by atoms with van der Waals surface area (Å²) < 4.78 is 0. The van der Waals surface area contributed by atoms with E-state index >= 15 is 0 Å². The van der Waals surface area contributed by atoms with E-state index in [1.807, 2.05) is 37.3 Å². The molecular formula is C14H16O. The molecule has 2 atom stereocenters. The summed E-state index contributed by atoms with van der Waals surface area (Å²) in [6.07, 6.45) is 1.99. The van der Waals surface area contributed by atoms with Crippen molar-refractivity contribution in [2.24, 2.45) is 5.92 Å². The quantitative estimate of drug-likeness (QED) is 0.587. The lowest BCUT2D eigenvalue weighted by Gasteiger charge is -2.11. The van der Waals surface area contributed by atoms with Crippen LogP contribution >= 0.6 is 0 Å². The predicted octanol–water partition coefficient (Wildman–Crippen LogP) is 2.61. The second-order valence-corrected chi connectivity index (χ2v) is 3.39. The monoisotopic (exact) mass is 200 g/mol. The molecule has 0 bridgehead atoms. The Labute approximate surface area is 91.5 Å².